The molecule has 1 aliphatic heterocycles. The molecule has 0 bridgehead atoms. The predicted octanol–water partition coefficient (Wildman–Crippen LogP) is 1.54. The van der Waals surface area contributed by atoms with Crippen molar-refractivity contribution in [3.63, 3.8) is 0 Å². The van der Waals surface area contributed by atoms with Gasteiger partial charge < -0.3 is 16.0 Å². The van der Waals surface area contributed by atoms with Gasteiger partial charge in [0, 0.05) is 18.8 Å². The summed E-state index contributed by atoms with van der Waals surface area (Å²) >= 11 is 0. The Morgan fingerprint density at radius 3 is 2.85 bits per heavy atom. The lowest BCUT2D eigenvalue weighted by Gasteiger charge is -2.37. The summed E-state index contributed by atoms with van der Waals surface area (Å²) in [5.74, 6) is 0.345. The zero-order chi connectivity index (χ0) is 14.8. The lowest BCUT2D eigenvalue weighted by Crippen LogP contribution is -2.53. The molecule has 0 fully saturated rings. The minimum Gasteiger partial charge on any atom is -0.371 e. The Morgan fingerprint density at radius 1 is 1.50 bits per heavy atom. The standard InChI is InChI=1S/C16H25N3O/c1-12-10-13-6-4-5-7-14(13)19(11-12)9-8-16(2,18-3)15(17)20/h4-7,12,18H,8-11H2,1-3H3,(H2,17,20). The lowest BCUT2D eigenvalue weighted by atomic mass is 9.92. The third-order valence-electron chi connectivity index (χ3n) is 4.41. The molecule has 0 aromatic heterocycles. The van der Waals surface area contributed by atoms with Gasteiger partial charge >= 0.3 is 0 Å². The number of rotatable bonds is 5. The number of amides is 1. The lowest BCUT2D eigenvalue weighted by molar-refractivity contribution is -0.123. The number of hydrogen-bond donors (Lipinski definition) is 2. The third kappa shape index (κ3) is 2.96. The molecule has 1 heterocycles. The average molecular weight is 275 g/mol. The van der Waals surface area contributed by atoms with Crippen molar-refractivity contribution in [2.24, 2.45) is 11.7 Å². The Balaban J connectivity index is 2.12. The first-order valence-corrected chi connectivity index (χ1v) is 7.28. The summed E-state index contributed by atoms with van der Waals surface area (Å²) in [6.45, 7) is 6.01. The summed E-state index contributed by atoms with van der Waals surface area (Å²) in [6, 6.07) is 8.54. The largest absolute Gasteiger partial charge is 0.371 e. The molecule has 1 aromatic rings. The first-order chi connectivity index (χ1) is 9.46. The second-order valence-electron chi connectivity index (χ2n) is 6.08. The SMILES string of the molecule is CNC(C)(CCN1CC(C)Cc2ccccc21)C(N)=O. The number of nitrogens with two attached hydrogens (primary N) is 1. The van der Waals surface area contributed by atoms with E-state index in [4.69, 9.17) is 5.73 Å². The number of para-hydroxylation sites is 1. The molecule has 1 amide bonds. The molecule has 4 heteroatoms. The molecule has 20 heavy (non-hydrogen) atoms. The Bertz CT molecular complexity index is 488. The first kappa shape index (κ1) is 14.9. The summed E-state index contributed by atoms with van der Waals surface area (Å²) in [4.78, 5) is 14.0. The van der Waals surface area contributed by atoms with Crippen LogP contribution >= 0.6 is 0 Å². The molecular formula is C16H25N3O. The normalized spacial score (nSPS) is 21.1. The van der Waals surface area contributed by atoms with Crippen LogP contribution in [0.2, 0.25) is 0 Å². The molecule has 1 aliphatic rings. The maximum atomic E-state index is 11.6. The highest BCUT2D eigenvalue weighted by Crippen LogP contribution is 2.30. The molecule has 2 unspecified atom stereocenters. The maximum absolute atomic E-state index is 11.6. The van der Waals surface area contributed by atoms with Crippen LogP contribution in [0.3, 0.4) is 0 Å². The highest BCUT2D eigenvalue weighted by molar-refractivity contribution is 5.84. The van der Waals surface area contributed by atoms with Crippen molar-refractivity contribution in [2.45, 2.75) is 32.2 Å². The molecule has 0 radical (unpaired) electrons. The quantitative estimate of drug-likeness (QED) is 0.857. The van der Waals surface area contributed by atoms with Gasteiger partial charge in [-0.15, -0.1) is 0 Å². The Labute approximate surface area is 121 Å². The van der Waals surface area contributed by atoms with Gasteiger partial charge in [-0.25, -0.2) is 0 Å². The number of primary amides is 1. The maximum Gasteiger partial charge on any atom is 0.237 e. The topological polar surface area (TPSA) is 58.4 Å². The van der Waals surface area contributed by atoms with Crippen molar-refractivity contribution in [3.8, 4) is 0 Å². The number of fused-ring (bicyclic) bond motifs is 1. The molecule has 0 aliphatic carbocycles. The van der Waals surface area contributed by atoms with E-state index in [-0.39, 0.29) is 5.91 Å². The molecule has 110 valence electrons. The Kier molecular flexibility index (Phi) is 4.33. The van der Waals surface area contributed by atoms with Crippen LogP contribution in [0.5, 0.6) is 0 Å². The van der Waals surface area contributed by atoms with Crippen LogP contribution in [0, 0.1) is 5.92 Å². The van der Waals surface area contributed by atoms with Gasteiger partial charge in [0.2, 0.25) is 5.91 Å². The second-order valence-corrected chi connectivity index (χ2v) is 6.08. The summed E-state index contributed by atoms with van der Waals surface area (Å²) < 4.78 is 0. The highest BCUT2D eigenvalue weighted by Gasteiger charge is 2.30. The minimum atomic E-state index is -0.643. The van der Waals surface area contributed by atoms with E-state index in [1.165, 1.54) is 11.3 Å². The van der Waals surface area contributed by atoms with Crippen molar-refractivity contribution < 1.29 is 4.79 Å². The Hall–Kier alpha value is -1.55. The van der Waals surface area contributed by atoms with Crippen LogP contribution in [-0.2, 0) is 11.2 Å². The van der Waals surface area contributed by atoms with E-state index in [0.717, 1.165) is 19.5 Å². The van der Waals surface area contributed by atoms with Gasteiger partial charge in [0.05, 0.1) is 5.54 Å². The van der Waals surface area contributed by atoms with Crippen LogP contribution in [-0.4, -0.2) is 31.6 Å². The van der Waals surface area contributed by atoms with E-state index in [9.17, 15) is 4.79 Å². The van der Waals surface area contributed by atoms with Crippen LogP contribution in [0.15, 0.2) is 24.3 Å². The number of hydrogen-bond acceptors (Lipinski definition) is 3. The molecule has 4 nitrogen and oxygen atoms in total. The van der Waals surface area contributed by atoms with E-state index < -0.39 is 5.54 Å². The molecular weight excluding hydrogens is 250 g/mol. The zero-order valence-corrected chi connectivity index (χ0v) is 12.6. The van der Waals surface area contributed by atoms with Gasteiger partial charge in [-0.2, -0.15) is 0 Å². The number of anilines is 1. The smallest absolute Gasteiger partial charge is 0.237 e. The number of nitrogens with one attached hydrogen (secondary N) is 1. The van der Waals surface area contributed by atoms with Crippen molar-refractivity contribution in [3.05, 3.63) is 29.8 Å². The number of benzene rings is 1. The van der Waals surface area contributed by atoms with Crippen LogP contribution in [0.1, 0.15) is 25.8 Å². The van der Waals surface area contributed by atoms with Crippen molar-refractivity contribution >= 4 is 11.6 Å². The summed E-state index contributed by atoms with van der Waals surface area (Å²) in [5, 5.41) is 3.05. The zero-order valence-electron chi connectivity index (χ0n) is 12.6. The van der Waals surface area contributed by atoms with Crippen LogP contribution in [0.4, 0.5) is 5.69 Å². The van der Waals surface area contributed by atoms with Gasteiger partial charge in [-0.3, -0.25) is 4.79 Å². The summed E-state index contributed by atoms with van der Waals surface area (Å²) in [7, 11) is 1.79. The van der Waals surface area contributed by atoms with Crippen molar-refractivity contribution in [2.75, 3.05) is 25.0 Å². The fourth-order valence-electron chi connectivity index (χ4n) is 2.85. The fourth-order valence-corrected chi connectivity index (χ4v) is 2.85. The number of carbonyl (C=O) groups excluding carboxylic acids is 1. The number of carbonyl (C=O) groups is 1. The molecule has 0 saturated carbocycles. The molecule has 0 saturated heterocycles. The molecule has 0 spiro atoms. The fraction of sp³-hybridized carbons (Fsp3) is 0.562. The summed E-state index contributed by atoms with van der Waals surface area (Å²) in [5.41, 5.74) is 7.55. The Morgan fingerprint density at radius 2 is 2.20 bits per heavy atom. The predicted molar refractivity (Wildman–Crippen MR) is 82.8 cm³/mol. The monoisotopic (exact) mass is 275 g/mol. The van der Waals surface area contributed by atoms with Crippen LogP contribution < -0.4 is 16.0 Å². The second kappa shape index (κ2) is 5.83. The molecule has 2 atom stereocenters. The third-order valence-corrected chi connectivity index (χ3v) is 4.41. The van der Waals surface area contributed by atoms with E-state index in [2.05, 4.69) is 41.4 Å². The van der Waals surface area contributed by atoms with E-state index in [0.29, 0.717) is 12.3 Å². The average Bonchev–Trinajstić information content (AvgIpc) is 2.44. The minimum absolute atomic E-state index is 0.293. The molecule has 1 aromatic carbocycles. The highest BCUT2D eigenvalue weighted by atomic mass is 16.1. The first-order valence-electron chi connectivity index (χ1n) is 7.28. The van der Waals surface area contributed by atoms with Gasteiger partial charge in [0.1, 0.15) is 0 Å². The van der Waals surface area contributed by atoms with E-state index in [1.807, 2.05) is 6.92 Å². The van der Waals surface area contributed by atoms with Gasteiger partial charge in [0.15, 0.2) is 0 Å². The van der Waals surface area contributed by atoms with Crippen molar-refractivity contribution in [1.82, 2.24) is 5.32 Å². The van der Waals surface area contributed by atoms with Crippen molar-refractivity contribution in [1.29, 1.82) is 0 Å². The molecule has 2 rings (SSSR count). The van der Waals surface area contributed by atoms with E-state index in [1.54, 1.807) is 7.05 Å². The van der Waals surface area contributed by atoms with Gasteiger partial charge in [-0.1, -0.05) is 25.1 Å². The number of likely N-dealkylation sites (N-methyl/N-ethyl adjacent to an activating group) is 1. The summed E-state index contributed by atoms with van der Waals surface area (Å²) in [6.07, 6.45) is 1.84. The van der Waals surface area contributed by atoms with Gasteiger partial charge in [-0.05, 0) is 44.4 Å². The number of nitrogens with zero attached hydrogens (tertiary/aromatic N) is 1. The van der Waals surface area contributed by atoms with Crippen LogP contribution in [0.25, 0.3) is 0 Å². The van der Waals surface area contributed by atoms with Gasteiger partial charge in [0.25, 0.3) is 0 Å². The van der Waals surface area contributed by atoms with E-state index >= 15 is 0 Å². The molecule has 3 N–H and O–H groups in total.